The second kappa shape index (κ2) is 7.80. The maximum Gasteiger partial charge on any atom is 0.190 e. The van der Waals surface area contributed by atoms with Crippen molar-refractivity contribution in [3.8, 4) is 0 Å². The zero-order valence-electron chi connectivity index (χ0n) is 14.6. The van der Waals surface area contributed by atoms with Gasteiger partial charge in [0.05, 0.1) is 17.7 Å². The highest BCUT2D eigenvalue weighted by Gasteiger charge is 2.56. The normalized spacial score (nSPS) is 31.9. The van der Waals surface area contributed by atoms with Crippen molar-refractivity contribution in [1.29, 1.82) is 0 Å². The molecule has 1 N–H and O–H groups in total. The Morgan fingerprint density at radius 1 is 1.36 bits per heavy atom. The van der Waals surface area contributed by atoms with E-state index in [9.17, 15) is 5.11 Å². The van der Waals surface area contributed by atoms with E-state index < -0.39 is 30.4 Å². The molecule has 0 saturated carbocycles. The number of halogens is 2. The first kappa shape index (κ1) is 19.5. The van der Waals surface area contributed by atoms with E-state index >= 15 is 0 Å². The van der Waals surface area contributed by atoms with Crippen molar-refractivity contribution in [3.63, 3.8) is 0 Å². The largest absolute Gasteiger partial charge is 0.390 e. The number of aliphatic hydroxyl groups excluding tert-OH is 1. The summed E-state index contributed by atoms with van der Waals surface area (Å²) in [7, 11) is 0. The summed E-state index contributed by atoms with van der Waals surface area (Å²) in [4.78, 5) is 0. The Balaban J connectivity index is 1.75. The molecule has 140 valence electrons. The summed E-state index contributed by atoms with van der Waals surface area (Å²) in [5.74, 6) is -0.731. The molecule has 25 heavy (non-hydrogen) atoms. The number of fused-ring (bicyclic) bond motifs is 1. The number of rotatable bonds is 6. The van der Waals surface area contributed by atoms with Gasteiger partial charge in [0.15, 0.2) is 12.1 Å². The number of hydrogen-bond acceptors (Lipinski definition) is 5. The second-order valence-corrected chi connectivity index (χ2v) is 8.15. The SMILES string of the molecule is CCC[C@@H](O)[C@H]1O[C@@H]2OC(C)(C)O[C@@H]2[C@H]1OCc1cccc(Br)c1Cl. The standard InChI is InChI=1S/C18H24BrClO5/c1-4-6-12(21)14-15(16-17(23-14)25-18(2,3)24-16)22-9-10-7-5-8-11(19)13(10)20/h5,7-8,12,14-17,21H,4,6,9H2,1-3H3/t12-,14-,15+,16-,17-/m1/s1. The Bertz CT molecular complexity index is 611. The zero-order chi connectivity index (χ0) is 18.2. The van der Waals surface area contributed by atoms with Gasteiger partial charge in [-0.1, -0.05) is 37.1 Å². The molecule has 1 aromatic carbocycles. The fourth-order valence-electron chi connectivity index (χ4n) is 3.31. The number of hydrogen-bond donors (Lipinski definition) is 1. The van der Waals surface area contributed by atoms with Gasteiger partial charge in [0.1, 0.15) is 18.3 Å². The molecule has 0 radical (unpaired) electrons. The van der Waals surface area contributed by atoms with Gasteiger partial charge in [-0.2, -0.15) is 0 Å². The summed E-state index contributed by atoms with van der Waals surface area (Å²) >= 11 is 9.74. The van der Waals surface area contributed by atoms with Gasteiger partial charge in [0.25, 0.3) is 0 Å². The van der Waals surface area contributed by atoms with Crippen molar-refractivity contribution in [2.24, 2.45) is 0 Å². The monoisotopic (exact) mass is 434 g/mol. The van der Waals surface area contributed by atoms with E-state index in [1.807, 2.05) is 39.0 Å². The molecule has 2 aliphatic rings. The molecule has 0 unspecified atom stereocenters. The van der Waals surface area contributed by atoms with Crippen LogP contribution in [0.15, 0.2) is 22.7 Å². The van der Waals surface area contributed by atoms with Gasteiger partial charge in [-0.05, 0) is 47.8 Å². The molecule has 2 heterocycles. The van der Waals surface area contributed by atoms with Crippen LogP contribution in [0.25, 0.3) is 0 Å². The highest BCUT2D eigenvalue weighted by atomic mass is 79.9. The van der Waals surface area contributed by atoms with Crippen molar-refractivity contribution in [2.45, 2.75) is 76.7 Å². The summed E-state index contributed by atoms with van der Waals surface area (Å²) in [5, 5.41) is 11.1. The van der Waals surface area contributed by atoms with Crippen molar-refractivity contribution in [1.82, 2.24) is 0 Å². The average molecular weight is 436 g/mol. The van der Waals surface area contributed by atoms with Crippen molar-refractivity contribution in [3.05, 3.63) is 33.3 Å². The number of aliphatic hydroxyl groups is 1. The van der Waals surface area contributed by atoms with Gasteiger partial charge in [-0.3, -0.25) is 0 Å². The molecule has 2 saturated heterocycles. The smallest absolute Gasteiger partial charge is 0.190 e. The Kier molecular flexibility index (Phi) is 6.10. The van der Waals surface area contributed by atoms with Gasteiger partial charge >= 0.3 is 0 Å². The third-order valence-corrected chi connectivity index (χ3v) is 5.79. The van der Waals surface area contributed by atoms with E-state index in [0.29, 0.717) is 18.1 Å². The molecule has 0 bridgehead atoms. The molecule has 2 fully saturated rings. The topological polar surface area (TPSA) is 57.2 Å². The molecule has 5 nitrogen and oxygen atoms in total. The molecule has 0 aliphatic carbocycles. The van der Waals surface area contributed by atoms with E-state index in [-0.39, 0.29) is 6.10 Å². The van der Waals surface area contributed by atoms with Crippen LogP contribution in [-0.2, 0) is 25.6 Å². The maximum absolute atomic E-state index is 10.5. The highest BCUT2D eigenvalue weighted by molar-refractivity contribution is 9.10. The van der Waals surface area contributed by atoms with Crippen molar-refractivity contribution in [2.75, 3.05) is 0 Å². The Hall–Kier alpha value is -0.210. The minimum absolute atomic E-state index is 0.300. The Morgan fingerprint density at radius 2 is 2.12 bits per heavy atom. The van der Waals surface area contributed by atoms with Crippen LogP contribution >= 0.6 is 27.5 Å². The molecule has 3 rings (SSSR count). The minimum Gasteiger partial charge on any atom is -0.390 e. The first-order valence-corrected chi connectivity index (χ1v) is 9.73. The number of ether oxygens (including phenoxy) is 4. The summed E-state index contributed by atoms with van der Waals surface area (Å²) in [6.45, 7) is 6.00. The summed E-state index contributed by atoms with van der Waals surface area (Å²) in [6, 6.07) is 5.70. The lowest BCUT2D eigenvalue weighted by molar-refractivity contribution is -0.230. The van der Waals surface area contributed by atoms with Gasteiger partial charge in [0, 0.05) is 4.47 Å². The molecule has 5 atom stereocenters. The number of benzene rings is 1. The highest BCUT2D eigenvalue weighted by Crippen LogP contribution is 2.40. The minimum atomic E-state index is -0.731. The quantitative estimate of drug-likeness (QED) is 0.731. The van der Waals surface area contributed by atoms with Crippen LogP contribution in [0.3, 0.4) is 0 Å². The molecular formula is C18H24BrClO5. The van der Waals surface area contributed by atoms with Crippen LogP contribution < -0.4 is 0 Å². The van der Waals surface area contributed by atoms with E-state index in [4.69, 9.17) is 30.5 Å². The van der Waals surface area contributed by atoms with E-state index in [2.05, 4.69) is 15.9 Å². The summed E-state index contributed by atoms with van der Waals surface area (Å²) in [6.07, 6.45) is -0.972. The van der Waals surface area contributed by atoms with Gasteiger partial charge < -0.3 is 24.1 Å². The van der Waals surface area contributed by atoms with Gasteiger partial charge in [-0.15, -0.1) is 0 Å². The lowest BCUT2D eigenvalue weighted by Gasteiger charge is -2.28. The first-order chi connectivity index (χ1) is 11.8. The summed E-state index contributed by atoms with van der Waals surface area (Å²) < 4.78 is 24.6. The molecule has 0 amide bonds. The molecule has 1 aromatic rings. The second-order valence-electron chi connectivity index (χ2n) is 6.91. The van der Waals surface area contributed by atoms with Gasteiger partial charge in [0.2, 0.25) is 0 Å². The predicted molar refractivity (Wildman–Crippen MR) is 97.3 cm³/mol. The van der Waals surface area contributed by atoms with Crippen molar-refractivity contribution < 1.29 is 24.1 Å². The van der Waals surface area contributed by atoms with Crippen molar-refractivity contribution >= 4 is 27.5 Å². The first-order valence-electron chi connectivity index (χ1n) is 8.56. The van der Waals surface area contributed by atoms with Crippen LogP contribution in [-0.4, -0.2) is 41.6 Å². The van der Waals surface area contributed by atoms with E-state index in [1.54, 1.807) is 0 Å². The zero-order valence-corrected chi connectivity index (χ0v) is 16.9. The molecule has 7 heteroatoms. The average Bonchev–Trinajstić information content (AvgIpc) is 3.01. The van der Waals surface area contributed by atoms with Crippen LogP contribution in [0.1, 0.15) is 39.2 Å². The van der Waals surface area contributed by atoms with E-state index in [1.165, 1.54) is 0 Å². The third kappa shape index (κ3) is 4.21. The fourth-order valence-corrected chi connectivity index (χ4v) is 3.90. The predicted octanol–water partition coefficient (Wildman–Crippen LogP) is 4.03. The maximum atomic E-state index is 10.5. The molecule has 2 aliphatic heterocycles. The fraction of sp³-hybridized carbons (Fsp3) is 0.667. The molecular weight excluding hydrogens is 412 g/mol. The van der Waals surface area contributed by atoms with Crippen LogP contribution in [0.2, 0.25) is 5.02 Å². The molecule has 0 aromatic heterocycles. The summed E-state index contributed by atoms with van der Waals surface area (Å²) in [5.41, 5.74) is 0.862. The lowest BCUT2D eigenvalue weighted by atomic mass is 10.0. The van der Waals surface area contributed by atoms with Gasteiger partial charge in [-0.25, -0.2) is 0 Å². The Labute approximate surface area is 161 Å². The lowest BCUT2D eigenvalue weighted by Crippen LogP contribution is -2.42. The van der Waals surface area contributed by atoms with Crippen LogP contribution in [0.5, 0.6) is 0 Å². The third-order valence-electron chi connectivity index (χ3n) is 4.45. The van der Waals surface area contributed by atoms with Crippen LogP contribution in [0.4, 0.5) is 0 Å². The molecule has 0 spiro atoms. The van der Waals surface area contributed by atoms with E-state index in [0.717, 1.165) is 16.5 Å². The Morgan fingerprint density at radius 3 is 2.84 bits per heavy atom. The van der Waals surface area contributed by atoms with Crippen LogP contribution in [0, 0.1) is 0 Å².